The maximum absolute atomic E-state index is 11.5. The zero-order valence-corrected chi connectivity index (χ0v) is 11.0. The maximum atomic E-state index is 11.5. The minimum Gasteiger partial charge on any atom is -0.337 e. The Labute approximate surface area is 109 Å². The first-order valence-corrected chi connectivity index (χ1v) is 7.00. The van der Waals surface area contributed by atoms with Gasteiger partial charge in [-0.05, 0) is 25.7 Å². The molecule has 2 amide bonds. The normalized spacial score (nSPS) is 20.8. The van der Waals surface area contributed by atoms with Gasteiger partial charge in [0, 0.05) is 45.5 Å². The molecule has 18 heavy (non-hydrogen) atoms. The van der Waals surface area contributed by atoms with Crippen molar-refractivity contribution in [1.82, 2.24) is 20.9 Å². The van der Waals surface area contributed by atoms with Crippen LogP contribution in [0.5, 0.6) is 0 Å². The number of nitrogens with one attached hydrogen (secondary N) is 3. The predicted octanol–water partition coefficient (Wildman–Crippen LogP) is 0.649. The first kappa shape index (κ1) is 13.4. The van der Waals surface area contributed by atoms with E-state index in [4.69, 9.17) is 0 Å². The average Bonchev–Trinajstić information content (AvgIpc) is 2.91. The molecule has 0 unspecified atom stereocenters. The van der Waals surface area contributed by atoms with Gasteiger partial charge < -0.3 is 16.0 Å². The van der Waals surface area contributed by atoms with Crippen LogP contribution >= 0.6 is 0 Å². The fourth-order valence-corrected chi connectivity index (χ4v) is 2.45. The molecule has 5 nitrogen and oxygen atoms in total. The summed E-state index contributed by atoms with van der Waals surface area (Å²) >= 11 is 0. The second-order valence-electron chi connectivity index (χ2n) is 5.00. The highest BCUT2D eigenvalue weighted by Crippen LogP contribution is 2.22. The van der Waals surface area contributed by atoms with Gasteiger partial charge in [0.05, 0.1) is 0 Å². The summed E-state index contributed by atoms with van der Waals surface area (Å²) in [6, 6.07) is -0.0791. The summed E-state index contributed by atoms with van der Waals surface area (Å²) in [5, 5.41) is 9.03. The van der Waals surface area contributed by atoms with Gasteiger partial charge in [0.1, 0.15) is 0 Å². The van der Waals surface area contributed by atoms with Crippen LogP contribution in [0, 0.1) is 0 Å². The molecule has 0 bridgehead atoms. The molecular formula is C13H24N4O. The van der Waals surface area contributed by atoms with E-state index in [0.29, 0.717) is 0 Å². The van der Waals surface area contributed by atoms with Crippen molar-refractivity contribution in [1.29, 1.82) is 0 Å². The fourth-order valence-electron chi connectivity index (χ4n) is 2.45. The molecule has 5 heteroatoms. The van der Waals surface area contributed by atoms with E-state index in [2.05, 4.69) is 20.9 Å². The van der Waals surface area contributed by atoms with Crippen molar-refractivity contribution in [2.75, 3.05) is 39.3 Å². The van der Waals surface area contributed by atoms with Crippen molar-refractivity contribution < 1.29 is 4.79 Å². The molecule has 102 valence electrons. The molecule has 1 aliphatic carbocycles. The summed E-state index contributed by atoms with van der Waals surface area (Å²) in [6.45, 7) is 5.91. The molecule has 1 aliphatic heterocycles. The summed E-state index contributed by atoms with van der Waals surface area (Å²) in [4.78, 5) is 13.9. The van der Waals surface area contributed by atoms with Crippen LogP contribution in [0.3, 0.4) is 0 Å². The van der Waals surface area contributed by atoms with Gasteiger partial charge in [-0.2, -0.15) is 0 Å². The SMILES string of the molecule is O=C(NC=C1CCCC1)NCCN1CCNCC1. The number of amides is 2. The van der Waals surface area contributed by atoms with E-state index in [1.54, 1.807) is 0 Å². The Kier molecular flexibility index (Phi) is 5.48. The van der Waals surface area contributed by atoms with Crippen molar-refractivity contribution >= 4 is 6.03 Å². The molecule has 0 spiro atoms. The molecule has 0 radical (unpaired) electrons. The number of rotatable bonds is 4. The topological polar surface area (TPSA) is 56.4 Å². The number of piperazine rings is 1. The molecule has 2 rings (SSSR count). The van der Waals surface area contributed by atoms with E-state index in [0.717, 1.165) is 52.1 Å². The average molecular weight is 252 g/mol. The number of carbonyl (C=O) groups excluding carboxylic acids is 1. The van der Waals surface area contributed by atoms with Crippen LogP contribution in [-0.4, -0.2) is 50.2 Å². The Morgan fingerprint density at radius 1 is 1.28 bits per heavy atom. The van der Waals surface area contributed by atoms with E-state index >= 15 is 0 Å². The molecule has 2 fully saturated rings. The third-order valence-electron chi connectivity index (χ3n) is 3.58. The third-order valence-corrected chi connectivity index (χ3v) is 3.58. The quantitative estimate of drug-likeness (QED) is 0.688. The number of hydrogen-bond acceptors (Lipinski definition) is 3. The van der Waals surface area contributed by atoms with Gasteiger partial charge in [-0.1, -0.05) is 5.57 Å². The van der Waals surface area contributed by atoms with Crippen molar-refractivity contribution in [3.05, 3.63) is 11.8 Å². The van der Waals surface area contributed by atoms with Crippen LogP contribution in [-0.2, 0) is 0 Å². The lowest BCUT2D eigenvalue weighted by molar-refractivity contribution is 0.229. The molecule has 0 aromatic rings. The van der Waals surface area contributed by atoms with Crippen LogP contribution in [0.25, 0.3) is 0 Å². The Morgan fingerprint density at radius 2 is 2.00 bits per heavy atom. The van der Waals surface area contributed by atoms with Crippen molar-refractivity contribution in [3.63, 3.8) is 0 Å². The number of nitrogens with zero attached hydrogens (tertiary/aromatic N) is 1. The zero-order chi connectivity index (χ0) is 12.6. The highest BCUT2D eigenvalue weighted by atomic mass is 16.2. The molecule has 2 aliphatic rings. The summed E-state index contributed by atoms with van der Waals surface area (Å²) < 4.78 is 0. The predicted molar refractivity (Wildman–Crippen MR) is 72.4 cm³/mol. The highest BCUT2D eigenvalue weighted by Gasteiger charge is 2.09. The van der Waals surface area contributed by atoms with Gasteiger partial charge in [0.15, 0.2) is 0 Å². The van der Waals surface area contributed by atoms with Crippen LogP contribution < -0.4 is 16.0 Å². The van der Waals surface area contributed by atoms with Crippen LogP contribution in [0.15, 0.2) is 11.8 Å². The highest BCUT2D eigenvalue weighted by molar-refractivity contribution is 5.74. The minimum absolute atomic E-state index is 0.0791. The standard InChI is InChI=1S/C13H24N4O/c18-13(16-11-12-3-1-2-4-12)15-7-10-17-8-5-14-6-9-17/h11,14H,1-10H2,(H2,15,16,18). The molecule has 1 heterocycles. The number of urea groups is 1. The summed E-state index contributed by atoms with van der Waals surface area (Å²) in [6.07, 6.45) is 6.69. The number of hydrogen-bond donors (Lipinski definition) is 3. The van der Waals surface area contributed by atoms with Crippen LogP contribution in [0.2, 0.25) is 0 Å². The van der Waals surface area contributed by atoms with Crippen molar-refractivity contribution in [2.24, 2.45) is 0 Å². The van der Waals surface area contributed by atoms with Gasteiger partial charge in [-0.25, -0.2) is 4.79 Å². The summed E-state index contributed by atoms with van der Waals surface area (Å²) in [7, 11) is 0. The number of carbonyl (C=O) groups is 1. The fraction of sp³-hybridized carbons (Fsp3) is 0.769. The van der Waals surface area contributed by atoms with E-state index in [-0.39, 0.29) is 6.03 Å². The van der Waals surface area contributed by atoms with E-state index in [1.807, 2.05) is 6.20 Å². The van der Waals surface area contributed by atoms with E-state index < -0.39 is 0 Å². The lowest BCUT2D eigenvalue weighted by atomic mass is 10.2. The van der Waals surface area contributed by atoms with Crippen LogP contribution in [0.4, 0.5) is 4.79 Å². The summed E-state index contributed by atoms with van der Waals surface area (Å²) in [5.74, 6) is 0. The molecule has 0 atom stereocenters. The van der Waals surface area contributed by atoms with Gasteiger partial charge in [0.2, 0.25) is 0 Å². The largest absolute Gasteiger partial charge is 0.337 e. The Balaban J connectivity index is 1.55. The molecule has 1 saturated heterocycles. The second-order valence-corrected chi connectivity index (χ2v) is 5.00. The third kappa shape index (κ3) is 4.66. The Morgan fingerprint density at radius 3 is 2.72 bits per heavy atom. The van der Waals surface area contributed by atoms with Gasteiger partial charge >= 0.3 is 6.03 Å². The van der Waals surface area contributed by atoms with E-state index in [9.17, 15) is 4.79 Å². The molecule has 0 aromatic carbocycles. The molecule has 3 N–H and O–H groups in total. The monoisotopic (exact) mass is 252 g/mol. The molecular weight excluding hydrogens is 228 g/mol. The smallest absolute Gasteiger partial charge is 0.318 e. The number of allylic oxidation sites excluding steroid dienone is 1. The van der Waals surface area contributed by atoms with Crippen LogP contribution in [0.1, 0.15) is 25.7 Å². The lowest BCUT2D eigenvalue weighted by Gasteiger charge is -2.27. The molecule has 1 saturated carbocycles. The van der Waals surface area contributed by atoms with Gasteiger partial charge in [-0.15, -0.1) is 0 Å². The molecule has 0 aromatic heterocycles. The second kappa shape index (κ2) is 7.38. The Bertz CT molecular complexity index is 289. The van der Waals surface area contributed by atoms with Crippen molar-refractivity contribution in [3.8, 4) is 0 Å². The summed E-state index contributed by atoms with van der Waals surface area (Å²) in [5.41, 5.74) is 1.37. The lowest BCUT2D eigenvalue weighted by Crippen LogP contribution is -2.46. The van der Waals surface area contributed by atoms with E-state index in [1.165, 1.54) is 18.4 Å². The van der Waals surface area contributed by atoms with Gasteiger partial charge in [0.25, 0.3) is 0 Å². The zero-order valence-electron chi connectivity index (χ0n) is 11.0. The first-order chi connectivity index (χ1) is 8.84. The minimum atomic E-state index is -0.0791. The van der Waals surface area contributed by atoms with Crippen molar-refractivity contribution in [2.45, 2.75) is 25.7 Å². The maximum Gasteiger partial charge on any atom is 0.318 e. The van der Waals surface area contributed by atoms with Gasteiger partial charge in [-0.3, -0.25) is 4.90 Å². The first-order valence-electron chi connectivity index (χ1n) is 7.00. The Hall–Kier alpha value is -1.07.